The van der Waals surface area contributed by atoms with Gasteiger partial charge in [-0.1, -0.05) is 23.4 Å². The molecule has 1 amide bonds. The van der Waals surface area contributed by atoms with Crippen molar-refractivity contribution < 1.29 is 18.0 Å². The number of benzene rings is 1. The van der Waals surface area contributed by atoms with Gasteiger partial charge in [0.15, 0.2) is 5.69 Å². The van der Waals surface area contributed by atoms with Crippen LogP contribution >= 0.6 is 0 Å². The standard InChI is InChI=1S/C22H19F3N6O/c23-16-9-14(10-27-20(16)13-5-7-22(24,25)8-6-13)31-12-19(29-30-31)21(32)28-18-11-26-17-4-2-1-3-15(17)18/h1-4,9-13,26H,5-8H2,(H,28,32). The number of alkyl halides is 2. The fourth-order valence-corrected chi connectivity index (χ4v) is 4.03. The van der Waals surface area contributed by atoms with Gasteiger partial charge < -0.3 is 10.3 Å². The molecule has 5 rings (SSSR count). The van der Waals surface area contributed by atoms with E-state index in [4.69, 9.17) is 0 Å². The minimum Gasteiger partial charge on any atom is -0.359 e. The van der Waals surface area contributed by atoms with Gasteiger partial charge in [-0.2, -0.15) is 0 Å². The summed E-state index contributed by atoms with van der Waals surface area (Å²) in [6, 6.07) is 8.75. The molecule has 32 heavy (non-hydrogen) atoms. The summed E-state index contributed by atoms with van der Waals surface area (Å²) in [4.78, 5) is 19.8. The lowest BCUT2D eigenvalue weighted by Crippen LogP contribution is -2.24. The van der Waals surface area contributed by atoms with E-state index in [1.54, 1.807) is 6.20 Å². The zero-order valence-electron chi connectivity index (χ0n) is 16.9. The molecule has 0 spiro atoms. The number of H-pyrrole nitrogens is 1. The number of rotatable bonds is 4. The molecular weight excluding hydrogens is 421 g/mol. The normalized spacial score (nSPS) is 16.3. The first kappa shape index (κ1) is 20.2. The first-order chi connectivity index (χ1) is 15.4. The summed E-state index contributed by atoms with van der Waals surface area (Å²) in [5.41, 5.74) is 2.01. The van der Waals surface area contributed by atoms with Gasteiger partial charge in [-0.15, -0.1) is 5.10 Å². The van der Waals surface area contributed by atoms with Crippen LogP contribution in [0.15, 0.2) is 48.9 Å². The molecule has 7 nitrogen and oxygen atoms in total. The maximum atomic E-state index is 14.7. The molecule has 0 radical (unpaired) electrons. The van der Waals surface area contributed by atoms with E-state index in [9.17, 15) is 18.0 Å². The largest absolute Gasteiger partial charge is 0.359 e. The molecule has 2 N–H and O–H groups in total. The van der Waals surface area contributed by atoms with Crippen LogP contribution in [0.2, 0.25) is 0 Å². The fraction of sp³-hybridized carbons (Fsp3) is 0.273. The molecule has 3 heterocycles. The summed E-state index contributed by atoms with van der Waals surface area (Å²) in [5, 5.41) is 11.4. The van der Waals surface area contributed by atoms with Gasteiger partial charge in [0.25, 0.3) is 5.91 Å². The quantitative estimate of drug-likeness (QED) is 0.476. The third-order valence-corrected chi connectivity index (χ3v) is 5.79. The molecule has 4 aromatic rings. The lowest BCUT2D eigenvalue weighted by atomic mass is 9.84. The lowest BCUT2D eigenvalue weighted by Gasteiger charge is -2.28. The number of hydrogen-bond acceptors (Lipinski definition) is 4. The molecule has 1 aromatic carbocycles. The Kier molecular flexibility index (Phi) is 4.91. The number of aromatic amines is 1. The van der Waals surface area contributed by atoms with Crippen LogP contribution in [-0.4, -0.2) is 36.8 Å². The first-order valence-corrected chi connectivity index (χ1v) is 10.2. The van der Waals surface area contributed by atoms with Crippen molar-refractivity contribution in [1.29, 1.82) is 0 Å². The van der Waals surface area contributed by atoms with Gasteiger partial charge in [0.1, 0.15) is 5.82 Å². The number of pyridine rings is 1. The van der Waals surface area contributed by atoms with E-state index in [2.05, 4.69) is 25.6 Å². The SMILES string of the molecule is O=C(Nc1c[nH]c2ccccc12)c1cn(-c2cnc(C3CCC(F)(F)CC3)c(F)c2)nn1. The van der Waals surface area contributed by atoms with Gasteiger partial charge in [-0.05, 0) is 18.9 Å². The highest BCUT2D eigenvalue weighted by atomic mass is 19.3. The second-order valence-corrected chi connectivity index (χ2v) is 7.94. The second kappa shape index (κ2) is 7.77. The number of hydrogen-bond donors (Lipinski definition) is 2. The lowest BCUT2D eigenvalue weighted by molar-refractivity contribution is -0.0387. The number of carbonyl (C=O) groups excluding carboxylic acids is 1. The van der Waals surface area contributed by atoms with Crippen LogP contribution in [0.25, 0.3) is 16.6 Å². The number of fused-ring (bicyclic) bond motifs is 1. The first-order valence-electron chi connectivity index (χ1n) is 10.2. The summed E-state index contributed by atoms with van der Waals surface area (Å²) in [5.74, 6) is -4.07. The van der Waals surface area contributed by atoms with Crippen molar-refractivity contribution in [1.82, 2.24) is 25.0 Å². The van der Waals surface area contributed by atoms with E-state index in [0.29, 0.717) is 5.69 Å². The van der Waals surface area contributed by atoms with E-state index in [1.165, 1.54) is 23.1 Å². The Balaban J connectivity index is 1.32. The number of para-hydroxylation sites is 1. The third kappa shape index (κ3) is 3.83. The zero-order chi connectivity index (χ0) is 22.3. The average molecular weight is 440 g/mol. The molecule has 1 fully saturated rings. The Morgan fingerprint density at radius 2 is 2.00 bits per heavy atom. The van der Waals surface area contributed by atoms with Crippen LogP contribution in [0, 0.1) is 5.82 Å². The minimum atomic E-state index is -2.68. The molecule has 164 valence electrons. The summed E-state index contributed by atoms with van der Waals surface area (Å²) < 4.78 is 42.7. The Hall–Kier alpha value is -3.69. The molecule has 0 unspecified atom stereocenters. The van der Waals surface area contributed by atoms with Crippen molar-refractivity contribution in [2.75, 3.05) is 5.32 Å². The maximum Gasteiger partial charge on any atom is 0.277 e. The Labute approximate surface area is 180 Å². The number of nitrogens with zero attached hydrogens (tertiary/aromatic N) is 4. The van der Waals surface area contributed by atoms with E-state index in [1.807, 2.05) is 24.3 Å². The highest BCUT2D eigenvalue weighted by molar-refractivity contribution is 6.07. The van der Waals surface area contributed by atoms with Crippen molar-refractivity contribution >= 4 is 22.5 Å². The number of anilines is 1. The van der Waals surface area contributed by atoms with Crippen molar-refractivity contribution in [3.05, 3.63) is 66.1 Å². The average Bonchev–Trinajstić information content (AvgIpc) is 3.42. The number of aromatic nitrogens is 5. The van der Waals surface area contributed by atoms with Crippen molar-refractivity contribution in [2.24, 2.45) is 0 Å². The minimum absolute atomic E-state index is 0.0503. The Bertz CT molecular complexity index is 1290. The molecule has 1 saturated carbocycles. The van der Waals surface area contributed by atoms with Crippen molar-refractivity contribution in [2.45, 2.75) is 37.5 Å². The van der Waals surface area contributed by atoms with Gasteiger partial charge in [-0.25, -0.2) is 17.9 Å². The summed E-state index contributed by atoms with van der Waals surface area (Å²) in [7, 11) is 0. The van der Waals surface area contributed by atoms with E-state index < -0.39 is 17.6 Å². The summed E-state index contributed by atoms with van der Waals surface area (Å²) in [6.07, 6.45) is 4.32. The monoisotopic (exact) mass is 440 g/mol. The molecule has 1 aliphatic rings. The van der Waals surface area contributed by atoms with Crippen LogP contribution in [0.4, 0.5) is 18.9 Å². The fourth-order valence-electron chi connectivity index (χ4n) is 4.03. The molecule has 1 aliphatic carbocycles. The van der Waals surface area contributed by atoms with Gasteiger partial charge in [0, 0.05) is 41.9 Å². The third-order valence-electron chi connectivity index (χ3n) is 5.79. The van der Waals surface area contributed by atoms with Crippen molar-refractivity contribution in [3.8, 4) is 5.69 Å². The molecule has 0 aliphatic heterocycles. The van der Waals surface area contributed by atoms with Gasteiger partial charge >= 0.3 is 0 Å². The van der Waals surface area contributed by atoms with E-state index in [-0.39, 0.29) is 48.7 Å². The van der Waals surface area contributed by atoms with Crippen LogP contribution < -0.4 is 5.32 Å². The van der Waals surface area contributed by atoms with Crippen LogP contribution in [0.5, 0.6) is 0 Å². The van der Waals surface area contributed by atoms with Crippen LogP contribution in [-0.2, 0) is 0 Å². The predicted molar refractivity (Wildman–Crippen MR) is 112 cm³/mol. The molecular formula is C22H19F3N6O. The topological polar surface area (TPSA) is 88.5 Å². The Morgan fingerprint density at radius 3 is 2.78 bits per heavy atom. The van der Waals surface area contributed by atoms with E-state index >= 15 is 0 Å². The number of carbonyl (C=O) groups is 1. The number of halogens is 3. The molecule has 0 saturated heterocycles. The second-order valence-electron chi connectivity index (χ2n) is 7.94. The summed E-state index contributed by atoms with van der Waals surface area (Å²) in [6.45, 7) is 0. The maximum absolute atomic E-state index is 14.7. The highest BCUT2D eigenvalue weighted by Crippen LogP contribution is 2.41. The van der Waals surface area contributed by atoms with Gasteiger partial charge in [0.05, 0.1) is 29.5 Å². The molecule has 0 atom stereocenters. The molecule has 10 heteroatoms. The van der Waals surface area contributed by atoms with Crippen molar-refractivity contribution in [3.63, 3.8) is 0 Å². The van der Waals surface area contributed by atoms with Crippen LogP contribution in [0.3, 0.4) is 0 Å². The van der Waals surface area contributed by atoms with Gasteiger partial charge in [-0.3, -0.25) is 9.78 Å². The number of amides is 1. The Morgan fingerprint density at radius 1 is 1.22 bits per heavy atom. The zero-order valence-corrected chi connectivity index (χ0v) is 16.9. The van der Waals surface area contributed by atoms with E-state index in [0.717, 1.165) is 10.9 Å². The number of nitrogens with one attached hydrogen (secondary N) is 2. The highest BCUT2D eigenvalue weighted by Gasteiger charge is 2.36. The summed E-state index contributed by atoms with van der Waals surface area (Å²) >= 11 is 0. The van der Waals surface area contributed by atoms with Crippen LogP contribution in [0.1, 0.15) is 47.8 Å². The molecule has 3 aromatic heterocycles. The predicted octanol–water partition coefficient (Wildman–Crippen LogP) is 4.83. The van der Waals surface area contributed by atoms with Gasteiger partial charge in [0.2, 0.25) is 5.92 Å². The molecule has 0 bridgehead atoms. The smallest absolute Gasteiger partial charge is 0.277 e.